The lowest BCUT2D eigenvalue weighted by Crippen LogP contribution is -2.41. The molecule has 0 saturated carbocycles. The molecule has 0 aliphatic carbocycles. The van der Waals surface area contributed by atoms with Crippen molar-refractivity contribution in [3.05, 3.63) is 34.9 Å². The molecular formula is C11H14ClNO2. The second-order valence-corrected chi connectivity index (χ2v) is 4.31. The third kappa shape index (κ3) is 3.90. The van der Waals surface area contributed by atoms with Gasteiger partial charge in [-0.2, -0.15) is 0 Å². The number of hydrogen-bond donors (Lipinski definition) is 2. The minimum absolute atomic E-state index is 0.364. The Morgan fingerprint density at radius 3 is 2.73 bits per heavy atom. The van der Waals surface area contributed by atoms with Crippen LogP contribution in [0.2, 0.25) is 5.02 Å². The molecule has 4 heteroatoms. The van der Waals surface area contributed by atoms with E-state index in [0.29, 0.717) is 11.6 Å². The number of carbonyl (C=O) groups is 1. The Morgan fingerprint density at radius 1 is 1.53 bits per heavy atom. The van der Waals surface area contributed by atoms with E-state index in [4.69, 9.17) is 11.6 Å². The van der Waals surface area contributed by atoms with Crippen LogP contribution >= 0.6 is 11.6 Å². The summed E-state index contributed by atoms with van der Waals surface area (Å²) in [4.78, 5) is 11.3. The van der Waals surface area contributed by atoms with Crippen molar-refractivity contribution >= 4 is 17.5 Å². The molecule has 1 aromatic carbocycles. The normalized spacial score (nSPS) is 11.2. The number of benzene rings is 1. The van der Waals surface area contributed by atoms with E-state index in [1.165, 1.54) is 13.8 Å². The molecule has 1 aromatic rings. The van der Waals surface area contributed by atoms with Crippen LogP contribution in [0.3, 0.4) is 0 Å². The van der Waals surface area contributed by atoms with Gasteiger partial charge >= 0.3 is 0 Å². The predicted octanol–water partition coefficient (Wildman–Crippen LogP) is 1.73. The van der Waals surface area contributed by atoms with E-state index < -0.39 is 11.5 Å². The molecule has 1 rings (SSSR count). The number of aliphatic hydroxyl groups is 1. The number of carbonyl (C=O) groups excluding carboxylic acids is 1. The summed E-state index contributed by atoms with van der Waals surface area (Å²) in [5.41, 5.74) is -0.446. The van der Waals surface area contributed by atoms with Crippen molar-refractivity contribution in [3.63, 3.8) is 0 Å². The number of amides is 1. The number of hydrogen-bond acceptors (Lipinski definition) is 2. The van der Waals surface area contributed by atoms with Crippen molar-refractivity contribution < 1.29 is 9.90 Å². The molecule has 3 nitrogen and oxygen atoms in total. The topological polar surface area (TPSA) is 49.3 Å². The van der Waals surface area contributed by atoms with Gasteiger partial charge < -0.3 is 10.4 Å². The second kappa shape index (κ2) is 4.64. The number of rotatable bonds is 3. The summed E-state index contributed by atoms with van der Waals surface area (Å²) in [6.45, 7) is 3.25. The van der Waals surface area contributed by atoms with Gasteiger partial charge in [-0.05, 0) is 31.5 Å². The molecule has 1 amide bonds. The minimum atomic E-state index is -1.35. The van der Waals surface area contributed by atoms with Crippen molar-refractivity contribution in [3.8, 4) is 0 Å². The van der Waals surface area contributed by atoms with Gasteiger partial charge in [0.15, 0.2) is 0 Å². The summed E-state index contributed by atoms with van der Waals surface area (Å²) < 4.78 is 0. The molecule has 0 bridgehead atoms. The maximum absolute atomic E-state index is 11.3. The van der Waals surface area contributed by atoms with E-state index in [1.54, 1.807) is 12.1 Å². The molecule has 0 saturated heterocycles. The molecule has 2 N–H and O–H groups in total. The molecule has 82 valence electrons. The van der Waals surface area contributed by atoms with Crippen LogP contribution in [0.1, 0.15) is 19.4 Å². The number of halogens is 1. The third-order valence-corrected chi connectivity index (χ3v) is 2.13. The lowest BCUT2D eigenvalue weighted by Gasteiger charge is -2.16. The van der Waals surface area contributed by atoms with Gasteiger partial charge in [0.25, 0.3) is 5.91 Å². The van der Waals surface area contributed by atoms with Gasteiger partial charge in [0.2, 0.25) is 0 Å². The van der Waals surface area contributed by atoms with Crippen molar-refractivity contribution in [1.29, 1.82) is 0 Å². The summed E-state index contributed by atoms with van der Waals surface area (Å²) in [6.07, 6.45) is 0. The Bertz CT molecular complexity index is 358. The Labute approximate surface area is 94.1 Å². The number of nitrogens with one attached hydrogen (secondary N) is 1. The van der Waals surface area contributed by atoms with Gasteiger partial charge in [0.1, 0.15) is 5.60 Å². The molecule has 0 spiro atoms. The highest BCUT2D eigenvalue weighted by Crippen LogP contribution is 2.10. The van der Waals surface area contributed by atoms with Gasteiger partial charge in [-0.3, -0.25) is 4.79 Å². The zero-order valence-corrected chi connectivity index (χ0v) is 9.51. The first kappa shape index (κ1) is 12.0. The van der Waals surface area contributed by atoms with E-state index in [0.717, 1.165) is 5.56 Å². The van der Waals surface area contributed by atoms with Gasteiger partial charge in [-0.15, -0.1) is 0 Å². The maximum Gasteiger partial charge on any atom is 0.251 e. The Balaban J connectivity index is 2.55. The lowest BCUT2D eigenvalue weighted by molar-refractivity contribution is -0.136. The molecule has 0 unspecified atom stereocenters. The van der Waals surface area contributed by atoms with Crippen LogP contribution in [0, 0.1) is 0 Å². The first-order valence-electron chi connectivity index (χ1n) is 4.65. The average Bonchev–Trinajstić information content (AvgIpc) is 2.12. The zero-order chi connectivity index (χ0) is 11.5. The monoisotopic (exact) mass is 227 g/mol. The Kier molecular flexibility index (Phi) is 3.72. The van der Waals surface area contributed by atoms with Gasteiger partial charge in [-0.25, -0.2) is 0 Å². The molecular weight excluding hydrogens is 214 g/mol. The fraction of sp³-hybridized carbons (Fsp3) is 0.364. The highest BCUT2D eigenvalue weighted by Gasteiger charge is 2.22. The zero-order valence-electron chi connectivity index (χ0n) is 8.75. The fourth-order valence-corrected chi connectivity index (χ4v) is 1.26. The molecule has 0 aliphatic heterocycles. The molecule has 0 heterocycles. The molecule has 0 atom stereocenters. The Morgan fingerprint density at radius 2 is 2.20 bits per heavy atom. The van der Waals surface area contributed by atoms with Crippen LogP contribution in [0.15, 0.2) is 24.3 Å². The SMILES string of the molecule is CC(C)(O)C(=O)NCc1cccc(Cl)c1. The molecule has 0 aromatic heterocycles. The summed E-state index contributed by atoms with van der Waals surface area (Å²) in [7, 11) is 0. The van der Waals surface area contributed by atoms with Crippen LogP contribution in [-0.2, 0) is 11.3 Å². The highest BCUT2D eigenvalue weighted by atomic mass is 35.5. The summed E-state index contributed by atoms with van der Waals surface area (Å²) >= 11 is 5.79. The molecule has 0 radical (unpaired) electrons. The minimum Gasteiger partial charge on any atom is -0.381 e. The lowest BCUT2D eigenvalue weighted by atomic mass is 10.1. The molecule has 0 fully saturated rings. The highest BCUT2D eigenvalue weighted by molar-refractivity contribution is 6.30. The van der Waals surface area contributed by atoms with Crippen molar-refractivity contribution in [2.24, 2.45) is 0 Å². The first-order chi connectivity index (χ1) is 6.89. The third-order valence-electron chi connectivity index (χ3n) is 1.90. The molecule has 0 aliphatic rings. The van der Waals surface area contributed by atoms with E-state index in [1.807, 2.05) is 12.1 Å². The van der Waals surface area contributed by atoms with E-state index in [-0.39, 0.29) is 0 Å². The van der Waals surface area contributed by atoms with Gasteiger partial charge in [-0.1, -0.05) is 23.7 Å². The molecule has 15 heavy (non-hydrogen) atoms. The summed E-state index contributed by atoms with van der Waals surface area (Å²) in [6, 6.07) is 7.21. The van der Waals surface area contributed by atoms with E-state index in [2.05, 4.69) is 5.32 Å². The standard InChI is InChI=1S/C11H14ClNO2/c1-11(2,15)10(14)13-7-8-4-3-5-9(12)6-8/h3-6,15H,7H2,1-2H3,(H,13,14). The second-order valence-electron chi connectivity index (χ2n) is 3.87. The van der Waals surface area contributed by atoms with Crippen LogP contribution in [-0.4, -0.2) is 16.6 Å². The summed E-state index contributed by atoms with van der Waals surface area (Å²) in [5.74, 6) is -0.400. The van der Waals surface area contributed by atoms with Crippen LogP contribution < -0.4 is 5.32 Å². The smallest absolute Gasteiger partial charge is 0.251 e. The average molecular weight is 228 g/mol. The van der Waals surface area contributed by atoms with Crippen LogP contribution in [0.4, 0.5) is 0 Å². The maximum atomic E-state index is 11.3. The van der Waals surface area contributed by atoms with Crippen molar-refractivity contribution in [1.82, 2.24) is 5.32 Å². The summed E-state index contributed by atoms with van der Waals surface area (Å²) in [5, 5.41) is 12.6. The fourth-order valence-electron chi connectivity index (χ4n) is 1.05. The van der Waals surface area contributed by atoms with Crippen molar-refractivity contribution in [2.45, 2.75) is 26.0 Å². The van der Waals surface area contributed by atoms with Gasteiger partial charge in [0.05, 0.1) is 0 Å². The van der Waals surface area contributed by atoms with Crippen molar-refractivity contribution in [2.75, 3.05) is 0 Å². The quantitative estimate of drug-likeness (QED) is 0.826. The predicted molar refractivity (Wildman–Crippen MR) is 59.6 cm³/mol. The van der Waals surface area contributed by atoms with Crippen LogP contribution in [0.5, 0.6) is 0 Å². The van der Waals surface area contributed by atoms with E-state index >= 15 is 0 Å². The van der Waals surface area contributed by atoms with E-state index in [9.17, 15) is 9.90 Å². The van der Waals surface area contributed by atoms with Crippen LogP contribution in [0.25, 0.3) is 0 Å². The first-order valence-corrected chi connectivity index (χ1v) is 5.02. The van der Waals surface area contributed by atoms with Gasteiger partial charge in [0, 0.05) is 11.6 Å². The Hall–Kier alpha value is -1.06. The largest absolute Gasteiger partial charge is 0.381 e.